The largest absolute Gasteiger partial charge is 0.508 e. The summed E-state index contributed by atoms with van der Waals surface area (Å²) in [5.41, 5.74) is 2.61. The third-order valence-corrected chi connectivity index (χ3v) is 4.52. The van der Waals surface area contributed by atoms with E-state index < -0.39 is 6.10 Å². The van der Waals surface area contributed by atoms with Crippen LogP contribution in [0.1, 0.15) is 30.6 Å². The van der Waals surface area contributed by atoms with E-state index in [9.17, 15) is 9.90 Å². The van der Waals surface area contributed by atoms with Gasteiger partial charge < -0.3 is 9.84 Å². The Morgan fingerprint density at radius 3 is 2.81 bits per heavy atom. The van der Waals surface area contributed by atoms with Gasteiger partial charge in [0.25, 0.3) is 5.56 Å². The van der Waals surface area contributed by atoms with Gasteiger partial charge in [0.15, 0.2) is 6.10 Å². The van der Waals surface area contributed by atoms with Crippen molar-refractivity contribution in [2.24, 2.45) is 4.99 Å². The molecule has 0 bridgehead atoms. The van der Waals surface area contributed by atoms with Crippen molar-refractivity contribution in [1.29, 1.82) is 0 Å². The van der Waals surface area contributed by atoms with Gasteiger partial charge in [-0.2, -0.15) is 0 Å². The zero-order chi connectivity index (χ0) is 18.8. The predicted octanol–water partition coefficient (Wildman–Crippen LogP) is 3.44. The molecular weight excluding hydrogens is 342 g/mol. The average Bonchev–Trinajstić information content (AvgIpc) is 2.62. The van der Waals surface area contributed by atoms with Gasteiger partial charge >= 0.3 is 0 Å². The number of aromatic nitrogens is 2. The number of rotatable bonds is 6. The molecule has 0 fully saturated rings. The van der Waals surface area contributed by atoms with Crippen molar-refractivity contribution in [1.82, 2.24) is 9.38 Å². The summed E-state index contributed by atoms with van der Waals surface area (Å²) in [5, 5.41) is 10.2. The van der Waals surface area contributed by atoms with Crippen molar-refractivity contribution in [3.63, 3.8) is 0 Å². The highest BCUT2D eigenvalue weighted by atomic mass is 16.5. The molecule has 0 spiro atoms. The lowest BCUT2D eigenvalue weighted by molar-refractivity contribution is 0.237. The van der Waals surface area contributed by atoms with Gasteiger partial charge in [0.05, 0.1) is 5.70 Å². The van der Waals surface area contributed by atoms with Crippen molar-refractivity contribution in [3.05, 3.63) is 82.0 Å². The van der Waals surface area contributed by atoms with Crippen molar-refractivity contribution in [2.45, 2.75) is 25.9 Å². The topological polar surface area (TPSA) is 76.2 Å². The minimum absolute atomic E-state index is 0.157. The molecule has 1 N–H and O–H groups in total. The lowest BCUT2D eigenvalue weighted by Gasteiger charge is -2.24. The van der Waals surface area contributed by atoms with Gasteiger partial charge in [0.2, 0.25) is 0 Å². The number of benzene rings is 1. The highest BCUT2D eigenvalue weighted by Gasteiger charge is 2.25. The van der Waals surface area contributed by atoms with E-state index in [2.05, 4.69) is 9.98 Å². The van der Waals surface area contributed by atoms with Crippen LogP contribution >= 0.6 is 0 Å². The molecular formula is C21H19N3O3. The molecule has 0 radical (unpaired) electrons. The summed E-state index contributed by atoms with van der Waals surface area (Å²) in [4.78, 5) is 20.8. The molecule has 136 valence electrons. The fourth-order valence-electron chi connectivity index (χ4n) is 3.18. The Hall–Kier alpha value is -3.41. The van der Waals surface area contributed by atoms with Crippen molar-refractivity contribution < 1.29 is 9.84 Å². The van der Waals surface area contributed by atoms with Crippen LogP contribution in [0.4, 0.5) is 0 Å². The summed E-state index contributed by atoms with van der Waals surface area (Å²) in [6.45, 7) is 2.05. The molecule has 3 heterocycles. The SMILES string of the molecule is CCCc1c(O)cccc1OC(C1=CC=N1)c1cccn2c(=O)ccnc12. The molecule has 1 atom stereocenters. The molecule has 1 aliphatic rings. The van der Waals surface area contributed by atoms with Crippen LogP contribution in [-0.2, 0) is 6.42 Å². The maximum absolute atomic E-state index is 12.2. The molecule has 1 aliphatic heterocycles. The number of fused-ring (bicyclic) bond motifs is 1. The second-order valence-corrected chi connectivity index (χ2v) is 6.31. The predicted molar refractivity (Wildman–Crippen MR) is 104 cm³/mol. The molecule has 0 aliphatic carbocycles. The third kappa shape index (κ3) is 3.10. The second kappa shape index (κ2) is 7.07. The number of hydrogen-bond acceptors (Lipinski definition) is 5. The normalized spacial score (nSPS) is 13.9. The van der Waals surface area contributed by atoms with Gasteiger partial charge in [-0.1, -0.05) is 19.4 Å². The van der Waals surface area contributed by atoms with Gasteiger partial charge in [-0.25, -0.2) is 4.98 Å². The summed E-state index contributed by atoms with van der Waals surface area (Å²) in [5.74, 6) is 0.816. The summed E-state index contributed by atoms with van der Waals surface area (Å²) in [7, 11) is 0. The van der Waals surface area contributed by atoms with Gasteiger partial charge in [-0.05, 0) is 36.8 Å². The first-order valence-electron chi connectivity index (χ1n) is 8.87. The van der Waals surface area contributed by atoms with Crippen LogP contribution in [0.5, 0.6) is 11.5 Å². The second-order valence-electron chi connectivity index (χ2n) is 6.31. The highest BCUT2D eigenvalue weighted by Crippen LogP contribution is 2.36. The van der Waals surface area contributed by atoms with Crippen LogP contribution in [0.2, 0.25) is 0 Å². The van der Waals surface area contributed by atoms with E-state index in [4.69, 9.17) is 4.74 Å². The zero-order valence-corrected chi connectivity index (χ0v) is 14.9. The number of ether oxygens (including phenoxy) is 1. The Balaban J connectivity index is 1.83. The fourth-order valence-corrected chi connectivity index (χ4v) is 3.18. The van der Waals surface area contributed by atoms with Gasteiger partial charge in [-0.15, -0.1) is 0 Å². The van der Waals surface area contributed by atoms with E-state index in [1.807, 2.05) is 25.1 Å². The van der Waals surface area contributed by atoms with E-state index in [1.54, 1.807) is 30.6 Å². The Morgan fingerprint density at radius 1 is 1.22 bits per heavy atom. The van der Waals surface area contributed by atoms with Gasteiger partial charge in [0.1, 0.15) is 17.1 Å². The van der Waals surface area contributed by atoms with E-state index in [0.29, 0.717) is 17.8 Å². The molecule has 0 amide bonds. The van der Waals surface area contributed by atoms with E-state index in [-0.39, 0.29) is 11.3 Å². The Bertz CT molecular complexity index is 1120. The maximum Gasteiger partial charge on any atom is 0.257 e. The molecule has 0 saturated heterocycles. The van der Waals surface area contributed by atoms with Crippen LogP contribution < -0.4 is 10.3 Å². The Morgan fingerprint density at radius 2 is 2.07 bits per heavy atom. The van der Waals surface area contributed by atoms with Crippen LogP contribution in [0.15, 0.2) is 70.4 Å². The standard InChI is InChI=1S/C21H19N3O3/c1-2-5-14-17(25)7-3-8-18(14)27-20(16-9-11-22-16)15-6-4-13-24-19(26)10-12-23-21(15)24/h3-4,6-13,20,25H,2,5H2,1H3. The number of aromatic hydroxyl groups is 1. The quantitative estimate of drug-likeness (QED) is 0.730. The third-order valence-electron chi connectivity index (χ3n) is 4.52. The first-order valence-corrected chi connectivity index (χ1v) is 8.87. The number of nitrogens with zero attached hydrogens (tertiary/aromatic N) is 3. The number of hydrogen-bond donors (Lipinski definition) is 1. The lowest BCUT2D eigenvalue weighted by atomic mass is 10.0. The zero-order valence-electron chi connectivity index (χ0n) is 14.9. The number of pyridine rings is 1. The van der Waals surface area contributed by atoms with Crippen LogP contribution in [0, 0.1) is 0 Å². The Kier molecular flexibility index (Phi) is 4.46. The molecule has 1 unspecified atom stereocenters. The van der Waals surface area contributed by atoms with Crippen LogP contribution in [-0.4, -0.2) is 20.7 Å². The fraction of sp³-hybridized carbons (Fsp3) is 0.190. The van der Waals surface area contributed by atoms with E-state index in [1.165, 1.54) is 16.7 Å². The molecule has 2 aromatic heterocycles. The molecule has 4 rings (SSSR count). The van der Waals surface area contributed by atoms with E-state index in [0.717, 1.165) is 23.2 Å². The molecule has 3 aromatic rings. The molecule has 6 heteroatoms. The van der Waals surface area contributed by atoms with Crippen molar-refractivity contribution in [3.8, 4) is 11.5 Å². The van der Waals surface area contributed by atoms with Gasteiger partial charge in [0, 0.05) is 35.8 Å². The smallest absolute Gasteiger partial charge is 0.257 e. The maximum atomic E-state index is 12.2. The average molecular weight is 361 g/mol. The molecule has 1 aromatic carbocycles. The highest BCUT2D eigenvalue weighted by molar-refractivity contribution is 5.80. The number of phenols is 1. The summed E-state index contributed by atoms with van der Waals surface area (Å²) in [6, 6.07) is 10.3. The van der Waals surface area contributed by atoms with Crippen LogP contribution in [0.3, 0.4) is 0 Å². The molecule has 0 saturated carbocycles. The molecule has 6 nitrogen and oxygen atoms in total. The van der Waals surface area contributed by atoms with Gasteiger partial charge in [-0.3, -0.25) is 14.2 Å². The van der Waals surface area contributed by atoms with E-state index >= 15 is 0 Å². The number of allylic oxidation sites excluding steroid dienone is 1. The minimum atomic E-state index is -0.530. The van der Waals surface area contributed by atoms with Crippen molar-refractivity contribution in [2.75, 3.05) is 0 Å². The Labute approximate surface area is 156 Å². The number of phenolic OH excluding ortho intramolecular Hbond substituents is 1. The monoisotopic (exact) mass is 361 g/mol. The van der Waals surface area contributed by atoms with Crippen LogP contribution in [0.25, 0.3) is 5.65 Å². The summed E-state index contributed by atoms with van der Waals surface area (Å²) >= 11 is 0. The molecule has 27 heavy (non-hydrogen) atoms. The first kappa shape index (κ1) is 17.0. The minimum Gasteiger partial charge on any atom is -0.508 e. The van der Waals surface area contributed by atoms with Crippen molar-refractivity contribution >= 4 is 11.9 Å². The lowest BCUT2D eigenvalue weighted by Crippen LogP contribution is -2.19. The summed E-state index contributed by atoms with van der Waals surface area (Å²) in [6.07, 6.45) is 7.80. The first-order chi connectivity index (χ1) is 13.2. The summed E-state index contributed by atoms with van der Waals surface area (Å²) < 4.78 is 7.81. The number of aliphatic imine (C=N–C) groups is 1.